The highest BCUT2D eigenvalue weighted by Crippen LogP contribution is 2.26. The van der Waals surface area contributed by atoms with Gasteiger partial charge in [0.05, 0.1) is 25.9 Å². The van der Waals surface area contributed by atoms with Gasteiger partial charge >= 0.3 is 5.97 Å². The van der Waals surface area contributed by atoms with Gasteiger partial charge in [-0.3, -0.25) is 4.90 Å². The summed E-state index contributed by atoms with van der Waals surface area (Å²) in [5, 5.41) is 10.4. The van der Waals surface area contributed by atoms with E-state index in [0.717, 1.165) is 5.56 Å². The molecule has 1 aliphatic heterocycles. The van der Waals surface area contributed by atoms with Crippen molar-refractivity contribution in [2.75, 3.05) is 32.9 Å². The largest absolute Gasteiger partial charge is 0.464 e. The number of esters is 1. The minimum atomic E-state index is -1.18. The fourth-order valence-electron chi connectivity index (χ4n) is 2.46. The van der Waals surface area contributed by atoms with Gasteiger partial charge in [0.2, 0.25) is 0 Å². The Bertz CT molecular complexity index is 417. The lowest BCUT2D eigenvalue weighted by Gasteiger charge is -2.36. The highest BCUT2D eigenvalue weighted by molar-refractivity contribution is 5.75. The summed E-state index contributed by atoms with van der Waals surface area (Å²) in [5.74, 6) is -0.576. The summed E-state index contributed by atoms with van der Waals surface area (Å²) in [6.45, 7) is 4.60. The topological polar surface area (TPSA) is 59.0 Å². The molecule has 5 nitrogen and oxygen atoms in total. The lowest BCUT2D eigenvalue weighted by atomic mass is 9.99. The van der Waals surface area contributed by atoms with Crippen LogP contribution in [0.15, 0.2) is 30.3 Å². The zero-order valence-corrected chi connectivity index (χ0v) is 11.7. The Morgan fingerprint density at radius 2 is 2.00 bits per heavy atom. The first-order chi connectivity index (χ1) is 9.74. The summed E-state index contributed by atoms with van der Waals surface area (Å²) in [6, 6.07) is 9.17. The van der Waals surface area contributed by atoms with E-state index in [4.69, 9.17) is 9.47 Å². The van der Waals surface area contributed by atoms with Gasteiger partial charge in [-0.2, -0.15) is 0 Å². The van der Waals surface area contributed by atoms with Crippen LogP contribution in [0.3, 0.4) is 0 Å². The van der Waals surface area contributed by atoms with Crippen LogP contribution in [0.25, 0.3) is 0 Å². The number of hydrogen-bond acceptors (Lipinski definition) is 5. The van der Waals surface area contributed by atoms with Crippen LogP contribution >= 0.6 is 0 Å². The number of aliphatic hydroxyl groups is 1. The van der Waals surface area contributed by atoms with Crippen LogP contribution in [0, 0.1) is 0 Å². The molecule has 1 N–H and O–H groups in total. The number of benzene rings is 1. The highest BCUT2D eigenvalue weighted by Gasteiger charge is 2.34. The Hall–Kier alpha value is -1.43. The van der Waals surface area contributed by atoms with Gasteiger partial charge in [-0.25, -0.2) is 4.79 Å². The lowest BCUT2D eigenvalue weighted by molar-refractivity contribution is -0.158. The lowest BCUT2D eigenvalue weighted by Crippen LogP contribution is -2.46. The zero-order valence-electron chi connectivity index (χ0n) is 11.7. The molecule has 0 amide bonds. The Kier molecular flexibility index (Phi) is 5.52. The average molecular weight is 279 g/mol. The summed E-state index contributed by atoms with van der Waals surface area (Å²) in [5.41, 5.74) is 0.912. The smallest absolute Gasteiger partial charge is 0.336 e. The molecule has 0 unspecified atom stereocenters. The van der Waals surface area contributed by atoms with E-state index < -0.39 is 12.1 Å². The number of rotatable bonds is 5. The van der Waals surface area contributed by atoms with Crippen LogP contribution in [-0.2, 0) is 14.3 Å². The van der Waals surface area contributed by atoms with Crippen molar-refractivity contribution in [3.63, 3.8) is 0 Å². The molecule has 1 saturated heterocycles. The van der Waals surface area contributed by atoms with Crippen LogP contribution in [0.5, 0.6) is 0 Å². The summed E-state index contributed by atoms with van der Waals surface area (Å²) in [6.07, 6.45) is -1.18. The molecule has 1 aliphatic rings. The van der Waals surface area contributed by atoms with Crippen LogP contribution in [0.2, 0.25) is 0 Å². The minimum Gasteiger partial charge on any atom is -0.464 e. The third kappa shape index (κ3) is 3.56. The third-order valence-electron chi connectivity index (χ3n) is 3.41. The van der Waals surface area contributed by atoms with Crippen LogP contribution in [0.4, 0.5) is 0 Å². The van der Waals surface area contributed by atoms with E-state index in [0.29, 0.717) is 26.3 Å². The molecule has 0 spiro atoms. The molecule has 20 heavy (non-hydrogen) atoms. The SMILES string of the molecule is CCOC(=O)[C@H](O)[C@@H](c1ccccc1)N1CCOCC1. The maximum atomic E-state index is 11.9. The molecule has 0 radical (unpaired) electrons. The summed E-state index contributed by atoms with van der Waals surface area (Å²) in [4.78, 5) is 13.9. The molecule has 110 valence electrons. The number of carbonyl (C=O) groups excluding carboxylic acids is 1. The van der Waals surface area contributed by atoms with Crippen molar-refractivity contribution in [3.8, 4) is 0 Å². The number of nitrogens with zero attached hydrogens (tertiary/aromatic N) is 1. The van der Waals surface area contributed by atoms with Crippen LogP contribution in [-0.4, -0.2) is 55.0 Å². The van der Waals surface area contributed by atoms with E-state index in [-0.39, 0.29) is 12.6 Å². The van der Waals surface area contributed by atoms with Crippen molar-refractivity contribution in [3.05, 3.63) is 35.9 Å². The molecule has 1 fully saturated rings. The van der Waals surface area contributed by atoms with E-state index >= 15 is 0 Å². The fourth-order valence-corrected chi connectivity index (χ4v) is 2.46. The molecular formula is C15H21NO4. The van der Waals surface area contributed by atoms with Crippen molar-refractivity contribution in [2.24, 2.45) is 0 Å². The number of carbonyl (C=O) groups is 1. The minimum absolute atomic E-state index is 0.264. The zero-order chi connectivity index (χ0) is 14.4. The summed E-state index contributed by atoms with van der Waals surface area (Å²) < 4.78 is 10.3. The van der Waals surface area contributed by atoms with Crippen molar-refractivity contribution < 1.29 is 19.4 Å². The summed E-state index contributed by atoms with van der Waals surface area (Å²) in [7, 11) is 0. The van der Waals surface area contributed by atoms with Gasteiger partial charge < -0.3 is 14.6 Å². The number of aliphatic hydroxyl groups excluding tert-OH is 1. The highest BCUT2D eigenvalue weighted by atomic mass is 16.5. The van der Waals surface area contributed by atoms with E-state index in [1.165, 1.54) is 0 Å². The molecule has 2 rings (SSSR count). The fraction of sp³-hybridized carbons (Fsp3) is 0.533. The second kappa shape index (κ2) is 7.38. The molecule has 1 heterocycles. The van der Waals surface area contributed by atoms with Gasteiger partial charge in [0, 0.05) is 13.1 Å². The molecule has 1 aromatic rings. The van der Waals surface area contributed by atoms with Gasteiger partial charge in [-0.1, -0.05) is 30.3 Å². The van der Waals surface area contributed by atoms with E-state index in [9.17, 15) is 9.90 Å². The summed E-state index contributed by atoms with van der Waals surface area (Å²) >= 11 is 0. The number of morpholine rings is 1. The monoisotopic (exact) mass is 279 g/mol. The first kappa shape index (κ1) is 15.0. The van der Waals surface area contributed by atoms with Gasteiger partial charge in [0.15, 0.2) is 6.10 Å². The molecular weight excluding hydrogens is 258 g/mol. The Morgan fingerprint density at radius 1 is 1.35 bits per heavy atom. The van der Waals surface area contributed by atoms with Gasteiger partial charge in [0.25, 0.3) is 0 Å². The van der Waals surface area contributed by atoms with Gasteiger partial charge in [-0.05, 0) is 12.5 Å². The molecule has 2 atom stereocenters. The Balaban J connectivity index is 2.21. The Labute approximate surface area is 119 Å². The normalized spacial score (nSPS) is 19.3. The van der Waals surface area contributed by atoms with Crippen LogP contribution in [0.1, 0.15) is 18.5 Å². The maximum absolute atomic E-state index is 11.9. The standard InChI is InChI=1S/C15H21NO4/c1-2-20-15(18)14(17)13(12-6-4-3-5-7-12)16-8-10-19-11-9-16/h3-7,13-14,17H,2,8-11H2,1H3/t13-,14-/m1/s1. The van der Waals surface area contributed by atoms with E-state index in [1.54, 1.807) is 6.92 Å². The molecule has 0 bridgehead atoms. The van der Waals surface area contributed by atoms with Gasteiger partial charge in [0.1, 0.15) is 0 Å². The average Bonchev–Trinajstić information content (AvgIpc) is 2.50. The van der Waals surface area contributed by atoms with Crippen molar-refractivity contribution >= 4 is 5.97 Å². The second-order valence-electron chi connectivity index (χ2n) is 4.70. The molecule has 5 heteroatoms. The van der Waals surface area contributed by atoms with E-state index in [1.807, 2.05) is 30.3 Å². The maximum Gasteiger partial charge on any atom is 0.336 e. The van der Waals surface area contributed by atoms with Crippen molar-refractivity contribution in [1.82, 2.24) is 4.90 Å². The predicted octanol–water partition coefficient (Wildman–Crippen LogP) is 0.984. The van der Waals surface area contributed by atoms with E-state index in [2.05, 4.69) is 4.90 Å². The first-order valence-electron chi connectivity index (χ1n) is 6.95. The molecule has 1 aromatic carbocycles. The van der Waals surface area contributed by atoms with Crippen molar-refractivity contribution in [1.29, 1.82) is 0 Å². The molecule has 0 aliphatic carbocycles. The van der Waals surface area contributed by atoms with Crippen molar-refractivity contribution in [2.45, 2.75) is 19.1 Å². The quantitative estimate of drug-likeness (QED) is 0.814. The predicted molar refractivity (Wildman–Crippen MR) is 74.2 cm³/mol. The number of hydrogen-bond donors (Lipinski definition) is 1. The number of ether oxygens (including phenoxy) is 2. The first-order valence-corrected chi connectivity index (χ1v) is 6.95. The molecule has 0 saturated carbocycles. The third-order valence-corrected chi connectivity index (χ3v) is 3.41. The molecule has 0 aromatic heterocycles. The van der Waals surface area contributed by atoms with Gasteiger partial charge in [-0.15, -0.1) is 0 Å². The Morgan fingerprint density at radius 3 is 2.60 bits per heavy atom. The van der Waals surface area contributed by atoms with Crippen LogP contribution < -0.4 is 0 Å². The second-order valence-corrected chi connectivity index (χ2v) is 4.70.